The zero-order chi connectivity index (χ0) is 29.9. The highest BCUT2D eigenvalue weighted by molar-refractivity contribution is 6.18. The third-order valence-corrected chi connectivity index (χ3v) is 9.12. The molecule has 0 N–H and O–H groups in total. The fraction of sp³-hybridized carbons (Fsp3) is 0.0732. The van der Waals surface area contributed by atoms with Gasteiger partial charge in [-0.1, -0.05) is 97.1 Å². The van der Waals surface area contributed by atoms with Crippen LogP contribution in [0.25, 0.3) is 60.2 Å². The van der Waals surface area contributed by atoms with E-state index in [9.17, 15) is 0 Å². The molecular weight excluding hydrogens is 550 g/mol. The van der Waals surface area contributed by atoms with Gasteiger partial charge in [-0.15, -0.1) is 0 Å². The van der Waals surface area contributed by atoms with Gasteiger partial charge in [0.2, 0.25) is 5.96 Å². The number of allylic oxidation sites excluding steroid dienone is 1. The smallest absolute Gasteiger partial charge is 0.235 e. The molecule has 4 heteroatoms. The lowest BCUT2D eigenvalue weighted by Gasteiger charge is -2.18. The second-order valence-corrected chi connectivity index (χ2v) is 11.8. The number of benzene rings is 6. The van der Waals surface area contributed by atoms with Crippen LogP contribution < -0.4 is 0 Å². The highest BCUT2D eigenvalue weighted by Gasteiger charge is 2.21. The molecule has 6 aromatic carbocycles. The molecule has 0 bridgehead atoms. The van der Waals surface area contributed by atoms with Crippen LogP contribution in [0.1, 0.15) is 30.9 Å². The number of fused-ring (bicyclic) bond motifs is 7. The summed E-state index contributed by atoms with van der Waals surface area (Å²) in [5.74, 6) is 0.668. The summed E-state index contributed by atoms with van der Waals surface area (Å²) in [4.78, 5) is 11.0. The average Bonchev–Trinajstić information content (AvgIpc) is 3.62. The van der Waals surface area contributed by atoms with E-state index in [-0.39, 0.29) is 0 Å². The van der Waals surface area contributed by atoms with Crippen molar-refractivity contribution in [1.29, 1.82) is 0 Å². The Bertz CT molecular complexity index is 2500. The Hall–Kier alpha value is -5.74. The van der Waals surface area contributed by atoms with Gasteiger partial charge in [-0.2, -0.15) is 0 Å². The molecule has 0 unspecified atom stereocenters. The minimum absolute atomic E-state index is 0.668. The Morgan fingerprint density at radius 2 is 1.20 bits per heavy atom. The van der Waals surface area contributed by atoms with Crippen LogP contribution in [0.4, 0.5) is 0 Å². The lowest BCUT2D eigenvalue weighted by atomic mass is 9.95. The molecule has 0 aliphatic carbocycles. The molecule has 0 radical (unpaired) electrons. The normalized spacial score (nSPS) is 15.9. The first kappa shape index (κ1) is 25.7. The summed E-state index contributed by atoms with van der Waals surface area (Å²) >= 11 is 0. The third kappa shape index (κ3) is 4.14. The number of para-hydroxylation sites is 3. The predicted octanol–water partition coefficient (Wildman–Crippen LogP) is 10.8. The molecule has 3 heterocycles. The molecule has 214 valence electrons. The lowest BCUT2D eigenvalue weighted by molar-refractivity contribution is 0.669. The number of aromatic nitrogens is 1. The van der Waals surface area contributed by atoms with Crippen molar-refractivity contribution < 1.29 is 4.42 Å². The van der Waals surface area contributed by atoms with Gasteiger partial charge in [0.15, 0.2) is 0 Å². The average molecular weight is 580 g/mol. The Labute approximate surface area is 260 Å². The summed E-state index contributed by atoms with van der Waals surface area (Å²) in [6.07, 6.45) is 1.64. The molecule has 0 saturated carbocycles. The molecular formula is C41H29N3O. The van der Waals surface area contributed by atoms with E-state index in [1.54, 1.807) is 0 Å². The van der Waals surface area contributed by atoms with Crippen LogP contribution in [0, 0.1) is 0 Å². The van der Waals surface area contributed by atoms with E-state index < -0.39 is 0 Å². The van der Waals surface area contributed by atoms with Gasteiger partial charge < -0.3 is 4.42 Å². The molecule has 0 spiro atoms. The van der Waals surface area contributed by atoms with Gasteiger partial charge in [0.05, 0.1) is 22.4 Å². The maximum absolute atomic E-state index is 6.16. The van der Waals surface area contributed by atoms with E-state index in [2.05, 4.69) is 133 Å². The molecule has 45 heavy (non-hydrogen) atoms. The second kappa shape index (κ2) is 10.2. The summed E-state index contributed by atoms with van der Waals surface area (Å²) in [5.41, 5.74) is 9.43. The summed E-state index contributed by atoms with van der Waals surface area (Å²) in [7, 11) is 0. The number of nitrogens with zero attached hydrogens (tertiary/aromatic N) is 3. The quantitative estimate of drug-likeness (QED) is 0.201. The number of hydrogen-bond acceptors (Lipinski definition) is 3. The fourth-order valence-corrected chi connectivity index (χ4v) is 6.90. The van der Waals surface area contributed by atoms with Gasteiger partial charge in [0.25, 0.3) is 0 Å². The Kier molecular flexibility index (Phi) is 5.82. The monoisotopic (exact) mass is 579 g/mol. The van der Waals surface area contributed by atoms with Crippen molar-refractivity contribution in [3.8, 4) is 0 Å². The summed E-state index contributed by atoms with van der Waals surface area (Å²) in [6.45, 7) is 2.22. The standard InChI is InChI=1S/C41H29N3O/c1-26-21-23-35(28-22-24-39-34(25-28)32-16-6-9-20-38(32)45-39)42-41(43-40(26)33-17-10-12-27-11-2-3-13-29(27)33)44-36-18-7-4-14-30(36)31-15-5-8-19-37(31)44/h2-20,22,24-25H,21,23H2,1H3/b40-26+,42-35?,43-41?. The first-order valence-corrected chi connectivity index (χ1v) is 15.5. The van der Waals surface area contributed by atoms with Gasteiger partial charge in [0.1, 0.15) is 11.2 Å². The van der Waals surface area contributed by atoms with Crippen LogP contribution in [0.3, 0.4) is 0 Å². The zero-order valence-electron chi connectivity index (χ0n) is 24.9. The van der Waals surface area contributed by atoms with Crippen molar-refractivity contribution in [3.63, 3.8) is 0 Å². The molecule has 0 atom stereocenters. The molecule has 2 aromatic heterocycles. The lowest BCUT2D eigenvalue weighted by Crippen LogP contribution is -2.16. The number of rotatable bonds is 2. The Morgan fingerprint density at radius 3 is 2.00 bits per heavy atom. The van der Waals surface area contributed by atoms with Crippen molar-refractivity contribution in [2.24, 2.45) is 9.98 Å². The predicted molar refractivity (Wildman–Crippen MR) is 188 cm³/mol. The van der Waals surface area contributed by atoms with Gasteiger partial charge in [0, 0.05) is 27.1 Å². The molecule has 0 fully saturated rings. The van der Waals surface area contributed by atoms with Crippen LogP contribution >= 0.6 is 0 Å². The summed E-state index contributed by atoms with van der Waals surface area (Å²) < 4.78 is 8.39. The molecule has 0 amide bonds. The van der Waals surface area contributed by atoms with Gasteiger partial charge in [-0.3, -0.25) is 4.57 Å². The fourth-order valence-electron chi connectivity index (χ4n) is 6.90. The molecule has 8 aromatic rings. The second-order valence-electron chi connectivity index (χ2n) is 11.8. The van der Waals surface area contributed by atoms with E-state index in [4.69, 9.17) is 14.4 Å². The van der Waals surface area contributed by atoms with Crippen LogP contribution in [0.2, 0.25) is 0 Å². The van der Waals surface area contributed by atoms with Crippen LogP contribution in [0.15, 0.2) is 153 Å². The van der Waals surface area contributed by atoms with Crippen molar-refractivity contribution in [2.75, 3.05) is 0 Å². The Morgan fingerprint density at radius 1 is 0.556 bits per heavy atom. The maximum atomic E-state index is 6.16. The van der Waals surface area contributed by atoms with E-state index >= 15 is 0 Å². The molecule has 0 saturated heterocycles. The van der Waals surface area contributed by atoms with Gasteiger partial charge in [-0.05, 0) is 78.1 Å². The number of furan rings is 1. The van der Waals surface area contributed by atoms with E-state index in [1.807, 2.05) is 12.1 Å². The molecule has 4 nitrogen and oxygen atoms in total. The van der Waals surface area contributed by atoms with Gasteiger partial charge >= 0.3 is 0 Å². The van der Waals surface area contributed by atoms with E-state index in [0.29, 0.717) is 5.96 Å². The first-order valence-electron chi connectivity index (χ1n) is 15.5. The van der Waals surface area contributed by atoms with Crippen LogP contribution in [-0.2, 0) is 0 Å². The van der Waals surface area contributed by atoms with Crippen LogP contribution in [-0.4, -0.2) is 16.2 Å². The van der Waals surface area contributed by atoms with Crippen molar-refractivity contribution in [2.45, 2.75) is 19.8 Å². The summed E-state index contributed by atoms with van der Waals surface area (Å²) in [5, 5.41) is 7.00. The van der Waals surface area contributed by atoms with E-state index in [1.165, 1.54) is 27.1 Å². The van der Waals surface area contributed by atoms with E-state index in [0.717, 1.165) is 68.3 Å². The summed E-state index contributed by atoms with van der Waals surface area (Å²) in [6, 6.07) is 46.8. The highest BCUT2D eigenvalue weighted by Crippen LogP contribution is 2.35. The minimum Gasteiger partial charge on any atom is -0.456 e. The molecule has 1 aliphatic rings. The minimum atomic E-state index is 0.668. The van der Waals surface area contributed by atoms with Crippen molar-refractivity contribution in [1.82, 2.24) is 4.57 Å². The first-order chi connectivity index (χ1) is 22.2. The highest BCUT2D eigenvalue weighted by atomic mass is 16.3. The number of hydrogen-bond donors (Lipinski definition) is 0. The topological polar surface area (TPSA) is 42.8 Å². The maximum Gasteiger partial charge on any atom is 0.235 e. The third-order valence-electron chi connectivity index (χ3n) is 9.12. The number of aliphatic imine (C=N–C) groups is 2. The molecule has 9 rings (SSSR count). The largest absolute Gasteiger partial charge is 0.456 e. The molecule has 1 aliphatic heterocycles. The van der Waals surface area contributed by atoms with Gasteiger partial charge in [-0.25, -0.2) is 9.98 Å². The SMILES string of the molecule is C/C1=C(/c2cccc3ccccc23)N=C(n2c3ccccc3c3ccccc32)N=C(c2ccc3oc4ccccc4c3c2)CC1. The van der Waals surface area contributed by atoms with Crippen molar-refractivity contribution in [3.05, 3.63) is 150 Å². The zero-order valence-corrected chi connectivity index (χ0v) is 24.9. The van der Waals surface area contributed by atoms with Crippen LogP contribution in [0.5, 0.6) is 0 Å². The Balaban J connectivity index is 1.33. The van der Waals surface area contributed by atoms with Crippen molar-refractivity contribution >= 4 is 71.9 Å².